The Balaban J connectivity index is 1.41. The van der Waals surface area contributed by atoms with Crippen molar-refractivity contribution in [2.75, 3.05) is 46.0 Å². The van der Waals surface area contributed by atoms with Gasteiger partial charge in [0.05, 0.1) is 13.2 Å². The average Bonchev–Trinajstić information content (AvgIpc) is 2.67. The van der Waals surface area contributed by atoms with Gasteiger partial charge >= 0.3 is 0 Å². The molecular formula is C19H27FN2O3. The number of amides is 1. The van der Waals surface area contributed by atoms with Crippen LogP contribution in [0, 0.1) is 11.7 Å². The van der Waals surface area contributed by atoms with Gasteiger partial charge in [-0.3, -0.25) is 9.69 Å². The van der Waals surface area contributed by atoms with Crippen molar-refractivity contribution in [1.82, 2.24) is 9.80 Å². The Morgan fingerprint density at radius 3 is 2.48 bits per heavy atom. The summed E-state index contributed by atoms with van der Waals surface area (Å²) in [5.74, 6) is 0.836. The fraction of sp³-hybridized carbons (Fsp3) is 0.632. The number of piperidine rings is 1. The normalized spacial score (nSPS) is 21.1. The van der Waals surface area contributed by atoms with Crippen LogP contribution < -0.4 is 4.74 Å². The van der Waals surface area contributed by atoms with Gasteiger partial charge in [-0.25, -0.2) is 4.39 Å². The van der Waals surface area contributed by atoms with E-state index in [4.69, 9.17) is 9.47 Å². The van der Waals surface area contributed by atoms with Gasteiger partial charge in [0.2, 0.25) is 0 Å². The zero-order valence-electron chi connectivity index (χ0n) is 14.8. The monoisotopic (exact) mass is 350 g/mol. The third-order valence-electron chi connectivity index (χ3n) is 5.37. The van der Waals surface area contributed by atoms with E-state index in [9.17, 15) is 9.18 Å². The van der Waals surface area contributed by atoms with Gasteiger partial charge in [0.25, 0.3) is 5.91 Å². The number of hydrogen-bond donors (Lipinski definition) is 0. The first-order chi connectivity index (χ1) is 12.1. The molecule has 2 aliphatic rings. The van der Waals surface area contributed by atoms with Gasteiger partial charge in [-0.05, 0) is 49.9 Å². The van der Waals surface area contributed by atoms with Crippen molar-refractivity contribution in [2.45, 2.75) is 25.8 Å². The summed E-state index contributed by atoms with van der Waals surface area (Å²) in [6.45, 7) is 7.53. The van der Waals surface area contributed by atoms with Gasteiger partial charge < -0.3 is 14.4 Å². The SMILES string of the molecule is C[C@H](C1CCN(C(=O)COc2ccc(F)cc2)CC1)N1CCOCC1. The lowest BCUT2D eigenvalue weighted by atomic mass is 9.89. The maximum atomic E-state index is 12.9. The summed E-state index contributed by atoms with van der Waals surface area (Å²) in [7, 11) is 0. The van der Waals surface area contributed by atoms with Crippen molar-refractivity contribution in [3.05, 3.63) is 30.1 Å². The molecule has 0 aliphatic carbocycles. The predicted octanol–water partition coefficient (Wildman–Crippen LogP) is 2.16. The second-order valence-corrected chi connectivity index (χ2v) is 6.85. The lowest BCUT2D eigenvalue weighted by Gasteiger charge is -2.41. The Morgan fingerprint density at radius 2 is 1.84 bits per heavy atom. The lowest BCUT2D eigenvalue weighted by Crippen LogP contribution is -2.49. The van der Waals surface area contributed by atoms with Gasteiger partial charge in [-0.15, -0.1) is 0 Å². The molecule has 1 aromatic carbocycles. The minimum Gasteiger partial charge on any atom is -0.484 e. The van der Waals surface area contributed by atoms with Crippen molar-refractivity contribution < 1.29 is 18.7 Å². The van der Waals surface area contributed by atoms with Crippen LogP contribution in [0.5, 0.6) is 5.75 Å². The minimum absolute atomic E-state index is 0.00167. The predicted molar refractivity (Wildman–Crippen MR) is 93.1 cm³/mol. The highest BCUT2D eigenvalue weighted by molar-refractivity contribution is 5.77. The Labute approximate surface area is 148 Å². The van der Waals surface area contributed by atoms with E-state index in [0.29, 0.717) is 17.7 Å². The van der Waals surface area contributed by atoms with E-state index in [-0.39, 0.29) is 18.3 Å². The maximum absolute atomic E-state index is 12.9. The molecule has 6 heteroatoms. The number of nitrogens with zero attached hydrogens (tertiary/aromatic N) is 2. The molecule has 2 aliphatic heterocycles. The average molecular weight is 350 g/mol. The van der Waals surface area contributed by atoms with Crippen molar-refractivity contribution in [3.63, 3.8) is 0 Å². The molecule has 0 aromatic heterocycles. The number of hydrogen-bond acceptors (Lipinski definition) is 4. The Bertz CT molecular complexity index is 552. The molecular weight excluding hydrogens is 323 g/mol. The van der Waals surface area contributed by atoms with Gasteiger partial charge in [0.15, 0.2) is 6.61 Å². The maximum Gasteiger partial charge on any atom is 0.260 e. The number of ether oxygens (including phenoxy) is 2. The quantitative estimate of drug-likeness (QED) is 0.816. The first-order valence-electron chi connectivity index (χ1n) is 9.11. The van der Waals surface area contributed by atoms with Crippen LogP contribution in [0.2, 0.25) is 0 Å². The molecule has 0 N–H and O–H groups in total. The molecule has 0 bridgehead atoms. The van der Waals surface area contributed by atoms with Crippen LogP contribution in [0.15, 0.2) is 24.3 Å². The van der Waals surface area contributed by atoms with E-state index < -0.39 is 0 Å². The highest BCUT2D eigenvalue weighted by Gasteiger charge is 2.30. The van der Waals surface area contributed by atoms with E-state index in [1.165, 1.54) is 12.1 Å². The molecule has 2 fully saturated rings. The van der Waals surface area contributed by atoms with Crippen LogP contribution in [0.25, 0.3) is 0 Å². The van der Waals surface area contributed by atoms with Crippen molar-refractivity contribution in [1.29, 1.82) is 0 Å². The fourth-order valence-electron chi connectivity index (χ4n) is 3.68. The van der Waals surface area contributed by atoms with Crippen molar-refractivity contribution in [2.24, 2.45) is 5.92 Å². The van der Waals surface area contributed by atoms with E-state index in [0.717, 1.165) is 52.2 Å². The largest absolute Gasteiger partial charge is 0.484 e. The number of morpholine rings is 1. The summed E-state index contributed by atoms with van der Waals surface area (Å²) in [5, 5.41) is 0. The van der Waals surface area contributed by atoms with Crippen LogP contribution >= 0.6 is 0 Å². The fourth-order valence-corrected chi connectivity index (χ4v) is 3.68. The molecule has 0 unspecified atom stereocenters. The Morgan fingerprint density at radius 1 is 1.20 bits per heavy atom. The van der Waals surface area contributed by atoms with E-state index in [2.05, 4.69) is 11.8 Å². The summed E-state index contributed by atoms with van der Waals surface area (Å²) >= 11 is 0. The van der Waals surface area contributed by atoms with Crippen molar-refractivity contribution >= 4 is 5.91 Å². The van der Waals surface area contributed by atoms with Crippen LogP contribution in [0.3, 0.4) is 0 Å². The number of carbonyl (C=O) groups is 1. The number of likely N-dealkylation sites (tertiary alicyclic amines) is 1. The second kappa shape index (κ2) is 8.63. The third kappa shape index (κ3) is 4.92. The van der Waals surface area contributed by atoms with E-state index in [1.807, 2.05) is 4.90 Å². The molecule has 25 heavy (non-hydrogen) atoms. The number of carbonyl (C=O) groups excluding carboxylic acids is 1. The molecule has 2 heterocycles. The van der Waals surface area contributed by atoms with E-state index in [1.54, 1.807) is 12.1 Å². The molecule has 0 radical (unpaired) electrons. The molecule has 1 aromatic rings. The Hall–Kier alpha value is -1.66. The van der Waals surface area contributed by atoms with Gasteiger partial charge in [-0.2, -0.15) is 0 Å². The summed E-state index contributed by atoms with van der Waals surface area (Å²) in [5.41, 5.74) is 0. The van der Waals surface area contributed by atoms with Crippen LogP contribution in [-0.4, -0.2) is 67.7 Å². The standard InChI is InChI=1S/C19H27FN2O3/c1-15(21-10-12-24-13-11-21)16-6-8-22(9-7-16)19(23)14-25-18-4-2-17(20)3-5-18/h2-5,15-16H,6-14H2,1H3/t15-/m1/s1. The first kappa shape index (κ1) is 18.1. The topological polar surface area (TPSA) is 42.0 Å². The highest BCUT2D eigenvalue weighted by Crippen LogP contribution is 2.25. The van der Waals surface area contributed by atoms with Crippen LogP contribution in [-0.2, 0) is 9.53 Å². The number of rotatable bonds is 5. The Kier molecular flexibility index (Phi) is 6.26. The number of benzene rings is 1. The summed E-state index contributed by atoms with van der Waals surface area (Å²) in [6, 6.07) is 6.28. The molecule has 5 nitrogen and oxygen atoms in total. The summed E-state index contributed by atoms with van der Waals surface area (Å²) in [4.78, 5) is 16.7. The molecule has 138 valence electrons. The summed E-state index contributed by atoms with van der Waals surface area (Å²) < 4.78 is 23.8. The highest BCUT2D eigenvalue weighted by atomic mass is 19.1. The zero-order valence-corrected chi connectivity index (χ0v) is 14.8. The minimum atomic E-state index is -0.310. The lowest BCUT2D eigenvalue weighted by molar-refractivity contribution is -0.135. The third-order valence-corrected chi connectivity index (χ3v) is 5.37. The molecule has 0 spiro atoms. The van der Waals surface area contributed by atoms with Crippen LogP contribution in [0.1, 0.15) is 19.8 Å². The smallest absolute Gasteiger partial charge is 0.260 e. The number of halogens is 1. The van der Waals surface area contributed by atoms with Gasteiger partial charge in [0, 0.05) is 32.2 Å². The van der Waals surface area contributed by atoms with Crippen LogP contribution in [0.4, 0.5) is 4.39 Å². The molecule has 1 amide bonds. The molecule has 1 atom stereocenters. The molecule has 2 saturated heterocycles. The van der Waals surface area contributed by atoms with E-state index >= 15 is 0 Å². The first-order valence-corrected chi connectivity index (χ1v) is 9.11. The molecule has 3 rings (SSSR count). The van der Waals surface area contributed by atoms with Gasteiger partial charge in [-0.1, -0.05) is 0 Å². The van der Waals surface area contributed by atoms with Gasteiger partial charge in [0.1, 0.15) is 11.6 Å². The second-order valence-electron chi connectivity index (χ2n) is 6.85. The molecule has 0 saturated carbocycles. The zero-order chi connectivity index (χ0) is 17.6. The van der Waals surface area contributed by atoms with Crippen molar-refractivity contribution in [3.8, 4) is 5.75 Å². The summed E-state index contributed by atoms with van der Waals surface area (Å²) in [6.07, 6.45) is 2.06.